The number of ether oxygens (including phenoxy) is 1. The second-order valence-corrected chi connectivity index (χ2v) is 6.14. The molecule has 0 saturated heterocycles. The molecule has 1 aliphatic heterocycles. The second kappa shape index (κ2) is 5.83. The smallest absolute Gasteiger partial charge is 0.254 e. The highest BCUT2D eigenvalue weighted by molar-refractivity contribution is 5.94. The molecule has 3 rings (SSSR count). The van der Waals surface area contributed by atoms with Crippen LogP contribution in [-0.4, -0.2) is 27.7 Å². The number of rotatable bonds is 2. The van der Waals surface area contributed by atoms with E-state index < -0.39 is 35.3 Å². The predicted molar refractivity (Wildman–Crippen MR) is 81.5 cm³/mol. The van der Waals surface area contributed by atoms with Crippen molar-refractivity contribution in [1.82, 2.24) is 10.3 Å². The standard InChI is InChI=1S/C17H16F2N2O3/c1-17(2)15(22)14(11-8-20-6-5-13(11)24-17)21-16(23)10-4-3-9(18)7-12(10)19/h3-8,14-15,22H,1-2H3,(H,21,23). The lowest BCUT2D eigenvalue weighted by molar-refractivity contribution is -0.0629. The highest BCUT2D eigenvalue weighted by Crippen LogP contribution is 2.39. The van der Waals surface area contributed by atoms with Crippen molar-refractivity contribution in [3.05, 3.63) is 59.4 Å². The van der Waals surface area contributed by atoms with Crippen molar-refractivity contribution in [2.24, 2.45) is 0 Å². The number of aromatic nitrogens is 1. The van der Waals surface area contributed by atoms with Gasteiger partial charge in [0.1, 0.15) is 29.1 Å². The van der Waals surface area contributed by atoms with E-state index in [9.17, 15) is 18.7 Å². The molecule has 2 N–H and O–H groups in total. The summed E-state index contributed by atoms with van der Waals surface area (Å²) < 4.78 is 32.5. The van der Waals surface area contributed by atoms with Crippen LogP contribution in [0.5, 0.6) is 5.75 Å². The maximum atomic E-state index is 13.8. The number of carbonyl (C=O) groups is 1. The minimum Gasteiger partial charge on any atom is -0.485 e. The summed E-state index contributed by atoms with van der Waals surface area (Å²) in [7, 11) is 0. The van der Waals surface area contributed by atoms with E-state index in [0.29, 0.717) is 17.4 Å². The van der Waals surface area contributed by atoms with Crippen LogP contribution in [0.3, 0.4) is 0 Å². The molecule has 0 fully saturated rings. The van der Waals surface area contributed by atoms with Crippen LogP contribution in [0.4, 0.5) is 8.78 Å². The third-order valence-electron chi connectivity index (χ3n) is 4.01. The Morgan fingerprint density at radius 2 is 2.08 bits per heavy atom. The van der Waals surface area contributed by atoms with Crippen LogP contribution in [0.15, 0.2) is 36.7 Å². The SMILES string of the molecule is CC1(C)Oc2ccncc2C(NC(=O)c2ccc(F)cc2F)C1O. The van der Waals surface area contributed by atoms with Gasteiger partial charge in [0.05, 0.1) is 11.6 Å². The van der Waals surface area contributed by atoms with Crippen molar-refractivity contribution < 1.29 is 23.4 Å². The largest absolute Gasteiger partial charge is 0.485 e. The molecule has 1 amide bonds. The summed E-state index contributed by atoms with van der Waals surface area (Å²) in [5.41, 5.74) is -0.785. The molecule has 0 aliphatic carbocycles. The first-order chi connectivity index (χ1) is 11.3. The molecule has 126 valence electrons. The maximum absolute atomic E-state index is 13.8. The molecule has 1 aromatic carbocycles. The molecule has 2 aromatic rings. The molecule has 2 unspecified atom stereocenters. The number of benzene rings is 1. The van der Waals surface area contributed by atoms with Gasteiger partial charge >= 0.3 is 0 Å². The Hall–Kier alpha value is -2.54. The van der Waals surface area contributed by atoms with Crippen LogP contribution in [0.1, 0.15) is 35.8 Å². The monoisotopic (exact) mass is 334 g/mol. The van der Waals surface area contributed by atoms with Gasteiger partial charge in [0.2, 0.25) is 0 Å². The van der Waals surface area contributed by atoms with Gasteiger partial charge in [-0.15, -0.1) is 0 Å². The van der Waals surface area contributed by atoms with Crippen molar-refractivity contribution in [2.45, 2.75) is 31.6 Å². The molecule has 24 heavy (non-hydrogen) atoms. The Labute approximate surface area is 137 Å². The van der Waals surface area contributed by atoms with E-state index in [2.05, 4.69) is 10.3 Å². The van der Waals surface area contributed by atoms with Crippen LogP contribution in [0.2, 0.25) is 0 Å². The van der Waals surface area contributed by atoms with Gasteiger partial charge in [-0.1, -0.05) is 0 Å². The normalized spacial score (nSPS) is 21.5. The van der Waals surface area contributed by atoms with Gasteiger partial charge in [0.25, 0.3) is 5.91 Å². The van der Waals surface area contributed by atoms with E-state index in [4.69, 9.17) is 4.74 Å². The van der Waals surface area contributed by atoms with Crippen LogP contribution < -0.4 is 10.1 Å². The fourth-order valence-corrected chi connectivity index (χ4v) is 2.68. The Morgan fingerprint density at radius 1 is 1.33 bits per heavy atom. The third kappa shape index (κ3) is 2.82. The Balaban J connectivity index is 1.94. The van der Waals surface area contributed by atoms with Crippen LogP contribution in [0, 0.1) is 11.6 Å². The average Bonchev–Trinajstić information content (AvgIpc) is 2.51. The van der Waals surface area contributed by atoms with Gasteiger partial charge in [0, 0.05) is 24.0 Å². The highest BCUT2D eigenvalue weighted by Gasteiger charge is 2.43. The van der Waals surface area contributed by atoms with Crippen molar-refractivity contribution in [3.63, 3.8) is 0 Å². The predicted octanol–water partition coefficient (Wildman–Crippen LogP) is 2.36. The molecule has 2 atom stereocenters. The van der Waals surface area contributed by atoms with Crippen molar-refractivity contribution in [1.29, 1.82) is 0 Å². The lowest BCUT2D eigenvalue weighted by Crippen LogP contribution is -2.53. The minimum atomic E-state index is -1.08. The number of aliphatic hydroxyl groups is 1. The summed E-state index contributed by atoms with van der Waals surface area (Å²) in [5, 5.41) is 13.1. The zero-order valence-corrected chi connectivity index (χ0v) is 13.1. The maximum Gasteiger partial charge on any atom is 0.254 e. The van der Waals surface area contributed by atoms with Crippen LogP contribution in [-0.2, 0) is 0 Å². The average molecular weight is 334 g/mol. The van der Waals surface area contributed by atoms with E-state index in [-0.39, 0.29) is 5.56 Å². The number of amides is 1. The molecular weight excluding hydrogens is 318 g/mol. The number of carbonyl (C=O) groups excluding carboxylic acids is 1. The molecule has 1 aliphatic rings. The Kier molecular flexibility index (Phi) is 3.96. The van der Waals surface area contributed by atoms with Crippen LogP contribution in [0.25, 0.3) is 0 Å². The Bertz CT molecular complexity index is 795. The van der Waals surface area contributed by atoms with Crippen molar-refractivity contribution >= 4 is 5.91 Å². The zero-order chi connectivity index (χ0) is 17.5. The van der Waals surface area contributed by atoms with Gasteiger partial charge in [-0.05, 0) is 32.0 Å². The molecule has 5 nitrogen and oxygen atoms in total. The van der Waals surface area contributed by atoms with Gasteiger partial charge in [-0.2, -0.15) is 0 Å². The fraction of sp³-hybridized carbons (Fsp3) is 0.294. The lowest BCUT2D eigenvalue weighted by atomic mass is 9.87. The summed E-state index contributed by atoms with van der Waals surface area (Å²) in [6.45, 7) is 3.36. The number of nitrogens with one attached hydrogen (secondary N) is 1. The third-order valence-corrected chi connectivity index (χ3v) is 4.01. The number of nitrogens with zero attached hydrogens (tertiary/aromatic N) is 1. The molecular formula is C17H16F2N2O3. The molecule has 0 radical (unpaired) electrons. The Morgan fingerprint density at radius 3 is 2.79 bits per heavy atom. The van der Waals surface area contributed by atoms with E-state index in [1.807, 2.05) is 0 Å². The van der Waals surface area contributed by atoms with Gasteiger partial charge in [-0.3, -0.25) is 9.78 Å². The number of hydrogen-bond donors (Lipinski definition) is 2. The van der Waals surface area contributed by atoms with Gasteiger partial charge in [-0.25, -0.2) is 8.78 Å². The summed E-state index contributed by atoms with van der Waals surface area (Å²) in [6.07, 6.45) is 1.92. The topological polar surface area (TPSA) is 71.5 Å². The zero-order valence-electron chi connectivity index (χ0n) is 13.1. The summed E-state index contributed by atoms with van der Waals surface area (Å²) in [4.78, 5) is 16.3. The molecule has 0 bridgehead atoms. The molecule has 2 heterocycles. The first-order valence-electron chi connectivity index (χ1n) is 7.36. The fourth-order valence-electron chi connectivity index (χ4n) is 2.68. The van der Waals surface area contributed by atoms with E-state index in [1.54, 1.807) is 19.9 Å². The quantitative estimate of drug-likeness (QED) is 0.884. The van der Waals surface area contributed by atoms with Crippen LogP contribution >= 0.6 is 0 Å². The van der Waals surface area contributed by atoms with E-state index in [0.717, 1.165) is 12.1 Å². The molecule has 7 heteroatoms. The summed E-state index contributed by atoms with van der Waals surface area (Å²) in [6, 6.07) is 3.48. The van der Waals surface area contributed by atoms with Gasteiger partial charge in [0.15, 0.2) is 0 Å². The van der Waals surface area contributed by atoms with Crippen molar-refractivity contribution in [2.75, 3.05) is 0 Å². The minimum absolute atomic E-state index is 0.307. The van der Waals surface area contributed by atoms with E-state index in [1.165, 1.54) is 12.4 Å². The number of aliphatic hydroxyl groups excluding tert-OH is 1. The van der Waals surface area contributed by atoms with Crippen molar-refractivity contribution in [3.8, 4) is 5.75 Å². The molecule has 1 aromatic heterocycles. The second-order valence-electron chi connectivity index (χ2n) is 6.14. The van der Waals surface area contributed by atoms with Gasteiger partial charge < -0.3 is 15.2 Å². The summed E-state index contributed by atoms with van der Waals surface area (Å²) >= 11 is 0. The highest BCUT2D eigenvalue weighted by atomic mass is 19.1. The number of halogens is 2. The number of fused-ring (bicyclic) bond motifs is 1. The van der Waals surface area contributed by atoms with E-state index >= 15 is 0 Å². The number of hydrogen-bond acceptors (Lipinski definition) is 4. The first-order valence-corrected chi connectivity index (χ1v) is 7.36. The summed E-state index contributed by atoms with van der Waals surface area (Å²) in [5.74, 6) is -2.03. The molecule has 0 saturated carbocycles. The first kappa shape index (κ1) is 16.3. The molecule has 0 spiro atoms. The number of pyridine rings is 1. The lowest BCUT2D eigenvalue weighted by Gasteiger charge is -2.42.